The molecule has 0 saturated heterocycles. The van der Waals surface area contributed by atoms with Crippen LogP contribution < -0.4 is 10.9 Å². The van der Waals surface area contributed by atoms with Gasteiger partial charge in [0.1, 0.15) is 5.82 Å². The molecule has 126 valence electrons. The average Bonchev–Trinajstić information content (AvgIpc) is 2.59. The lowest BCUT2D eigenvalue weighted by Gasteiger charge is -2.09. The number of amides is 1. The summed E-state index contributed by atoms with van der Waals surface area (Å²) in [5.74, 6) is 0.213. The number of pyridine rings is 1. The van der Waals surface area contributed by atoms with Crippen molar-refractivity contribution in [3.05, 3.63) is 76.0 Å². The van der Waals surface area contributed by atoms with Crippen molar-refractivity contribution in [3.8, 4) is 11.4 Å². The number of benzene rings is 1. The monoisotopic (exact) mass is 334 g/mol. The highest BCUT2D eigenvalue weighted by atomic mass is 16.2. The number of nitrogens with one attached hydrogen (secondary N) is 2. The minimum atomic E-state index is -0.307. The normalized spacial score (nSPS) is 10.5. The molecule has 2 heterocycles. The molecular weight excluding hydrogens is 316 g/mol. The molecule has 0 aliphatic heterocycles. The Morgan fingerprint density at radius 3 is 2.60 bits per heavy atom. The van der Waals surface area contributed by atoms with Crippen molar-refractivity contribution in [3.63, 3.8) is 0 Å². The Morgan fingerprint density at radius 1 is 1.16 bits per heavy atom. The van der Waals surface area contributed by atoms with E-state index in [1.165, 1.54) is 0 Å². The van der Waals surface area contributed by atoms with Crippen LogP contribution >= 0.6 is 0 Å². The number of H-pyrrole nitrogens is 1. The number of rotatable bonds is 4. The van der Waals surface area contributed by atoms with E-state index < -0.39 is 0 Å². The number of hydrogen-bond acceptors (Lipinski definition) is 4. The van der Waals surface area contributed by atoms with Gasteiger partial charge in [-0.1, -0.05) is 12.1 Å². The number of carbonyl (C=O) groups excluding carboxylic acids is 1. The summed E-state index contributed by atoms with van der Waals surface area (Å²) in [6, 6.07) is 11.0. The van der Waals surface area contributed by atoms with Crippen LogP contribution in [0.2, 0.25) is 0 Å². The Labute approximate surface area is 145 Å². The molecule has 3 aromatic rings. The molecule has 6 heteroatoms. The van der Waals surface area contributed by atoms with Gasteiger partial charge in [0.25, 0.3) is 5.56 Å². The molecule has 2 aromatic heterocycles. The van der Waals surface area contributed by atoms with Crippen LogP contribution in [0.5, 0.6) is 0 Å². The zero-order valence-corrected chi connectivity index (χ0v) is 14.0. The largest absolute Gasteiger partial charge is 0.326 e. The third-order valence-electron chi connectivity index (χ3n) is 3.82. The van der Waals surface area contributed by atoms with Crippen LogP contribution in [0, 0.1) is 13.8 Å². The SMILES string of the molecule is Cc1cccc(NC(=O)Cc2c(C)nc(-c3ccncc3)[nH]c2=O)c1. The first-order valence-corrected chi connectivity index (χ1v) is 7.89. The van der Waals surface area contributed by atoms with Gasteiger partial charge in [-0.2, -0.15) is 0 Å². The van der Waals surface area contributed by atoms with E-state index in [0.29, 0.717) is 22.8 Å². The van der Waals surface area contributed by atoms with Crippen LogP contribution in [0.4, 0.5) is 5.69 Å². The van der Waals surface area contributed by atoms with Crippen LogP contribution in [0.3, 0.4) is 0 Å². The summed E-state index contributed by atoms with van der Waals surface area (Å²) in [5.41, 5.74) is 3.12. The molecule has 0 saturated carbocycles. The number of carbonyl (C=O) groups is 1. The van der Waals surface area contributed by atoms with E-state index in [0.717, 1.165) is 11.1 Å². The molecule has 0 atom stereocenters. The molecule has 0 aliphatic rings. The molecule has 0 unspecified atom stereocenters. The summed E-state index contributed by atoms with van der Waals surface area (Å²) in [7, 11) is 0. The maximum Gasteiger partial charge on any atom is 0.255 e. The lowest BCUT2D eigenvalue weighted by molar-refractivity contribution is -0.115. The van der Waals surface area contributed by atoms with Crippen molar-refractivity contribution in [2.75, 3.05) is 5.32 Å². The molecular formula is C19H18N4O2. The minimum Gasteiger partial charge on any atom is -0.326 e. The van der Waals surface area contributed by atoms with Crippen molar-refractivity contribution >= 4 is 11.6 Å². The molecule has 0 radical (unpaired) electrons. The Balaban J connectivity index is 1.81. The molecule has 1 amide bonds. The summed E-state index contributed by atoms with van der Waals surface area (Å²) in [6.07, 6.45) is 3.24. The molecule has 3 rings (SSSR count). The molecule has 0 spiro atoms. The van der Waals surface area contributed by atoms with Crippen molar-refractivity contribution in [1.82, 2.24) is 15.0 Å². The van der Waals surface area contributed by atoms with Gasteiger partial charge in [-0.15, -0.1) is 0 Å². The van der Waals surface area contributed by atoms with Gasteiger partial charge < -0.3 is 10.3 Å². The van der Waals surface area contributed by atoms with Crippen LogP contribution in [0.25, 0.3) is 11.4 Å². The Morgan fingerprint density at radius 2 is 1.92 bits per heavy atom. The maximum atomic E-state index is 12.4. The maximum absolute atomic E-state index is 12.4. The molecule has 0 fully saturated rings. The van der Waals surface area contributed by atoms with Gasteiger partial charge in [-0.05, 0) is 43.7 Å². The minimum absolute atomic E-state index is 0.0290. The van der Waals surface area contributed by atoms with E-state index in [-0.39, 0.29) is 17.9 Å². The fraction of sp³-hybridized carbons (Fsp3) is 0.158. The van der Waals surface area contributed by atoms with Gasteiger partial charge in [0.15, 0.2) is 0 Å². The summed E-state index contributed by atoms with van der Waals surface area (Å²) >= 11 is 0. The highest BCUT2D eigenvalue weighted by Gasteiger charge is 2.13. The zero-order chi connectivity index (χ0) is 17.8. The number of aryl methyl sites for hydroxylation is 2. The van der Waals surface area contributed by atoms with Gasteiger partial charge in [0.2, 0.25) is 5.91 Å². The van der Waals surface area contributed by atoms with Crippen molar-refractivity contribution < 1.29 is 4.79 Å². The lowest BCUT2D eigenvalue weighted by Crippen LogP contribution is -2.23. The first-order chi connectivity index (χ1) is 12.0. The van der Waals surface area contributed by atoms with E-state index in [1.54, 1.807) is 31.5 Å². The van der Waals surface area contributed by atoms with E-state index in [2.05, 4.69) is 20.3 Å². The van der Waals surface area contributed by atoms with Crippen molar-refractivity contribution in [2.24, 2.45) is 0 Å². The first-order valence-electron chi connectivity index (χ1n) is 7.89. The number of aromatic nitrogens is 3. The van der Waals surface area contributed by atoms with Gasteiger partial charge in [-0.3, -0.25) is 14.6 Å². The van der Waals surface area contributed by atoms with Crippen LogP contribution in [-0.2, 0) is 11.2 Å². The molecule has 0 aliphatic carbocycles. The van der Waals surface area contributed by atoms with Gasteiger partial charge in [-0.25, -0.2) is 4.98 Å². The Kier molecular flexibility index (Phi) is 4.70. The number of aromatic amines is 1. The second kappa shape index (κ2) is 7.09. The topological polar surface area (TPSA) is 87.7 Å². The van der Waals surface area contributed by atoms with E-state index in [9.17, 15) is 9.59 Å². The third-order valence-corrected chi connectivity index (χ3v) is 3.82. The zero-order valence-electron chi connectivity index (χ0n) is 14.0. The second-order valence-corrected chi connectivity index (χ2v) is 5.81. The fourth-order valence-corrected chi connectivity index (χ4v) is 2.55. The van der Waals surface area contributed by atoms with Crippen LogP contribution in [0.15, 0.2) is 53.6 Å². The summed E-state index contributed by atoms with van der Waals surface area (Å²) in [4.78, 5) is 35.7. The van der Waals surface area contributed by atoms with E-state index >= 15 is 0 Å². The summed E-state index contributed by atoms with van der Waals surface area (Å²) < 4.78 is 0. The number of nitrogens with zero attached hydrogens (tertiary/aromatic N) is 2. The summed E-state index contributed by atoms with van der Waals surface area (Å²) in [5, 5.41) is 2.80. The Bertz CT molecular complexity index is 965. The van der Waals surface area contributed by atoms with E-state index in [1.807, 2.05) is 31.2 Å². The molecule has 2 N–H and O–H groups in total. The quantitative estimate of drug-likeness (QED) is 0.768. The number of hydrogen-bond donors (Lipinski definition) is 2. The number of anilines is 1. The standard InChI is InChI=1S/C19H18N4O2/c1-12-4-3-5-15(10-12)22-17(24)11-16-13(2)21-18(23-19(16)25)14-6-8-20-9-7-14/h3-10H,11H2,1-2H3,(H,22,24)(H,21,23,25). The highest BCUT2D eigenvalue weighted by Crippen LogP contribution is 2.14. The Hall–Kier alpha value is -3.28. The van der Waals surface area contributed by atoms with Crippen molar-refractivity contribution in [2.45, 2.75) is 20.3 Å². The molecule has 6 nitrogen and oxygen atoms in total. The van der Waals surface area contributed by atoms with E-state index in [4.69, 9.17) is 0 Å². The third kappa shape index (κ3) is 3.98. The van der Waals surface area contributed by atoms with Crippen LogP contribution in [0.1, 0.15) is 16.8 Å². The lowest BCUT2D eigenvalue weighted by atomic mass is 10.1. The predicted molar refractivity (Wildman–Crippen MR) is 96.3 cm³/mol. The van der Waals surface area contributed by atoms with Gasteiger partial charge in [0.05, 0.1) is 6.42 Å². The molecule has 1 aromatic carbocycles. The average molecular weight is 334 g/mol. The summed E-state index contributed by atoms with van der Waals surface area (Å²) in [6.45, 7) is 3.68. The van der Waals surface area contributed by atoms with Gasteiger partial charge >= 0.3 is 0 Å². The highest BCUT2D eigenvalue weighted by molar-refractivity contribution is 5.92. The smallest absolute Gasteiger partial charge is 0.255 e. The predicted octanol–water partition coefficient (Wildman–Crippen LogP) is 2.63. The van der Waals surface area contributed by atoms with Crippen LogP contribution in [-0.4, -0.2) is 20.9 Å². The van der Waals surface area contributed by atoms with Gasteiger partial charge in [0, 0.05) is 34.9 Å². The fourth-order valence-electron chi connectivity index (χ4n) is 2.55. The molecule has 0 bridgehead atoms. The first kappa shape index (κ1) is 16.6. The second-order valence-electron chi connectivity index (χ2n) is 5.81. The molecule has 25 heavy (non-hydrogen) atoms. The van der Waals surface area contributed by atoms with Crippen molar-refractivity contribution in [1.29, 1.82) is 0 Å².